The summed E-state index contributed by atoms with van der Waals surface area (Å²) >= 11 is 3.60. The zero-order valence-electron chi connectivity index (χ0n) is 19.4. The number of imidazole rings is 1. The molecule has 7 heteroatoms. The normalized spacial score (nSPS) is 15.6. The van der Waals surface area contributed by atoms with Crippen molar-refractivity contribution >= 4 is 32.9 Å². The van der Waals surface area contributed by atoms with Crippen molar-refractivity contribution in [2.24, 2.45) is 0 Å². The summed E-state index contributed by atoms with van der Waals surface area (Å²) in [6.07, 6.45) is 1.78. The summed E-state index contributed by atoms with van der Waals surface area (Å²) in [7, 11) is 3.29. The minimum Gasteiger partial charge on any atom is -0.497 e. The second-order valence-corrected chi connectivity index (χ2v) is 9.30. The number of rotatable bonds is 5. The van der Waals surface area contributed by atoms with Gasteiger partial charge in [0.05, 0.1) is 36.9 Å². The topological polar surface area (TPSA) is 56.6 Å². The Kier molecular flexibility index (Phi) is 6.04. The number of carbonyl (C=O) groups is 1. The fraction of sp³-hybridized carbons (Fsp3) is 0.259. The molecule has 1 amide bonds. The lowest BCUT2D eigenvalue weighted by Crippen LogP contribution is -2.32. The number of hydrogen-bond acceptors (Lipinski definition) is 4. The van der Waals surface area contributed by atoms with Gasteiger partial charge in [0, 0.05) is 16.7 Å². The fourth-order valence-electron chi connectivity index (χ4n) is 4.79. The summed E-state index contributed by atoms with van der Waals surface area (Å²) in [6, 6.07) is 19.7. The van der Waals surface area contributed by atoms with Crippen molar-refractivity contribution in [2.45, 2.75) is 25.8 Å². The van der Waals surface area contributed by atoms with Crippen LogP contribution in [0.5, 0.6) is 11.5 Å². The Morgan fingerprint density at radius 1 is 1.03 bits per heavy atom. The molecule has 4 aromatic rings. The van der Waals surface area contributed by atoms with Crippen LogP contribution < -0.4 is 9.47 Å². The highest BCUT2D eigenvalue weighted by Gasteiger charge is 2.35. The third-order valence-corrected chi connectivity index (χ3v) is 7.06. The Balaban J connectivity index is 1.60. The number of methoxy groups -OCH3 is 2. The molecule has 0 radical (unpaired) electrons. The Hall–Kier alpha value is -3.32. The average molecular weight is 520 g/mol. The van der Waals surface area contributed by atoms with Crippen molar-refractivity contribution in [3.63, 3.8) is 0 Å². The minimum absolute atomic E-state index is 0.00265. The van der Waals surface area contributed by atoms with Gasteiger partial charge in [-0.15, -0.1) is 0 Å². The van der Waals surface area contributed by atoms with Gasteiger partial charge in [-0.05, 0) is 89.8 Å². The van der Waals surface area contributed by atoms with Crippen LogP contribution in [-0.2, 0) is 0 Å². The van der Waals surface area contributed by atoms with E-state index in [1.807, 2.05) is 66.4 Å². The van der Waals surface area contributed by atoms with E-state index in [9.17, 15) is 4.79 Å². The molecule has 0 N–H and O–H groups in total. The van der Waals surface area contributed by atoms with Crippen molar-refractivity contribution in [1.82, 2.24) is 14.5 Å². The van der Waals surface area contributed by atoms with Crippen LogP contribution in [0, 0.1) is 6.92 Å². The molecule has 1 saturated heterocycles. The van der Waals surface area contributed by atoms with Gasteiger partial charge in [-0.25, -0.2) is 4.98 Å². The second kappa shape index (κ2) is 9.14. The lowest BCUT2D eigenvalue weighted by atomic mass is 10.1. The van der Waals surface area contributed by atoms with Crippen LogP contribution in [0.25, 0.3) is 16.7 Å². The molecule has 0 unspecified atom stereocenters. The predicted molar refractivity (Wildman–Crippen MR) is 136 cm³/mol. The van der Waals surface area contributed by atoms with E-state index >= 15 is 0 Å². The van der Waals surface area contributed by atoms with Crippen molar-refractivity contribution < 1.29 is 14.3 Å². The van der Waals surface area contributed by atoms with Gasteiger partial charge >= 0.3 is 0 Å². The fourth-order valence-corrected chi connectivity index (χ4v) is 5.50. The van der Waals surface area contributed by atoms with E-state index in [-0.39, 0.29) is 11.9 Å². The number of para-hydroxylation sites is 2. The summed E-state index contributed by atoms with van der Waals surface area (Å²) < 4.78 is 13.6. The van der Waals surface area contributed by atoms with Gasteiger partial charge in [0.15, 0.2) is 0 Å². The summed E-state index contributed by atoms with van der Waals surface area (Å²) in [5.41, 5.74) is 4.47. The molecule has 0 bridgehead atoms. The van der Waals surface area contributed by atoms with Gasteiger partial charge in [0.25, 0.3) is 5.91 Å². The number of fused-ring (bicyclic) bond motifs is 1. The molecular weight excluding hydrogens is 494 g/mol. The number of ether oxygens (including phenoxy) is 2. The number of nitrogens with zero attached hydrogens (tertiary/aromatic N) is 3. The maximum absolute atomic E-state index is 13.8. The molecule has 2 heterocycles. The van der Waals surface area contributed by atoms with Crippen LogP contribution in [0.1, 0.15) is 40.6 Å². The minimum atomic E-state index is -0.129. The first-order valence-electron chi connectivity index (χ1n) is 11.3. The maximum Gasteiger partial charge on any atom is 0.255 e. The number of halogens is 1. The zero-order chi connectivity index (χ0) is 23.8. The van der Waals surface area contributed by atoms with Crippen molar-refractivity contribution in [3.05, 3.63) is 82.1 Å². The van der Waals surface area contributed by atoms with E-state index in [4.69, 9.17) is 14.5 Å². The highest BCUT2D eigenvalue weighted by atomic mass is 79.9. The van der Waals surface area contributed by atoms with Crippen LogP contribution in [0.3, 0.4) is 0 Å². The van der Waals surface area contributed by atoms with Crippen LogP contribution in [0.4, 0.5) is 0 Å². The Bertz CT molecular complexity index is 1340. The molecule has 0 aliphatic carbocycles. The number of amides is 1. The zero-order valence-corrected chi connectivity index (χ0v) is 21.0. The highest BCUT2D eigenvalue weighted by Crippen LogP contribution is 2.38. The molecule has 1 fully saturated rings. The Labute approximate surface area is 207 Å². The van der Waals surface area contributed by atoms with Crippen molar-refractivity contribution in [3.8, 4) is 17.2 Å². The quantitative estimate of drug-likeness (QED) is 0.320. The first-order chi connectivity index (χ1) is 16.5. The Morgan fingerprint density at radius 2 is 1.76 bits per heavy atom. The van der Waals surface area contributed by atoms with E-state index in [1.54, 1.807) is 14.2 Å². The van der Waals surface area contributed by atoms with Crippen LogP contribution in [0.15, 0.2) is 65.1 Å². The van der Waals surface area contributed by atoms with Gasteiger partial charge in [-0.1, -0.05) is 12.1 Å². The molecule has 1 aliphatic heterocycles. The molecule has 3 aromatic carbocycles. The van der Waals surface area contributed by atoms with Crippen molar-refractivity contribution in [2.75, 3.05) is 20.8 Å². The van der Waals surface area contributed by atoms with Gasteiger partial charge in [-0.2, -0.15) is 0 Å². The predicted octanol–water partition coefficient (Wildman–Crippen LogP) is 6.09. The van der Waals surface area contributed by atoms with E-state index in [0.717, 1.165) is 56.9 Å². The van der Waals surface area contributed by atoms with Gasteiger partial charge in [0.1, 0.15) is 17.3 Å². The van der Waals surface area contributed by atoms with E-state index < -0.39 is 0 Å². The summed E-state index contributed by atoms with van der Waals surface area (Å²) in [6.45, 7) is 2.63. The first-order valence-corrected chi connectivity index (χ1v) is 12.1. The largest absolute Gasteiger partial charge is 0.497 e. The molecule has 174 valence electrons. The van der Waals surface area contributed by atoms with E-state index in [2.05, 4.69) is 26.6 Å². The smallest absolute Gasteiger partial charge is 0.255 e. The molecule has 1 aromatic heterocycles. The molecule has 0 saturated carbocycles. The first kappa shape index (κ1) is 22.5. The number of aromatic nitrogens is 2. The second-order valence-electron chi connectivity index (χ2n) is 8.45. The average Bonchev–Trinajstić information content (AvgIpc) is 3.48. The number of benzene rings is 3. The highest BCUT2D eigenvalue weighted by molar-refractivity contribution is 9.10. The SMILES string of the molecule is COc1ccc(-n2c([C@H]3CCCN3C(=O)c3c(C)cc(OC)cc3Br)nc3ccccc32)cc1. The van der Waals surface area contributed by atoms with Gasteiger partial charge < -0.3 is 14.4 Å². The molecular formula is C27H26BrN3O3. The summed E-state index contributed by atoms with van der Waals surface area (Å²) in [5.74, 6) is 2.40. The third-order valence-electron chi connectivity index (χ3n) is 6.44. The molecule has 6 nitrogen and oxygen atoms in total. The van der Waals surface area contributed by atoms with Crippen LogP contribution >= 0.6 is 15.9 Å². The lowest BCUT2D eigenvalue weighted by Gasteiger charge is -2.26. The number of aryl methyl sites for hydroxylation is 1. The Morgan fingerprint density at radius 3 is 2.47 bits per heavy atom. The monoisotopic (exact) mass is 519 g/mol. The number of hydrogen-bond donors (Lipinski definition) is 0. The molecule has 5 rings (SSSR count). The lowest BCUT2D eigenvalue weighted by molar-refractivity contribution is 0.0727. The number of likely N-dealkylation sites (tertiary alicyclic amines) is 1. The molecule has 1 aliphatic rings. The van der Waals surface area contributed by atoms with E-state index in [1.165, 1.54) is 0 Å². The van der Waals surface area contributed by atoms with E-state index in [0.29, 0.717) is 12.1 Å². The van der Waals surface area contributed by atoms with Crippen LogP contribution in [0.2, 0.25) is 0 Å². The molecule has 1 atom stereocenters. The van der Waals surface area contributed by atoms with Crippen LogP contribution in [-0.4, -0.2) is 41.1 Å². The van der Waals surface area contributed by atoms with Gasteiger partial charge in [0.2, 0.25) is 0 Å². The van der Waals surface area contributed by atoms with Crippen molar-refractivity contribution in [1.29, 1.82) is 0 Å². The summed E-state index contributed by atoms with van der Waals surface area (Å²) in [4.78, 5) is 20.8. The molecule has 0 spiro atoms. The maximum atomic E-state index is 13.8. The third kappa shape index (κ3) is 3.84. The molecule has 34 heavy (non-hydrogen) atoms. The number of carbonyl (C=O) groups excluding carboxylic acids is 1. The standard InChI is InChI=1S/C27H26BrN3O3/c1-17-15-20(34-3)16-21(28)25(17)27(32)30-14-6-9-24(30)26-29-22-7-4-5-8-23(22)31(26)18-10-12-19(33-2)13-11-18/h4-5,7-8,10-13,15-16,24H,6,9,14H2,1-3H3/t24-/m1/s1. The summed E-state index contributed by atoms with van der Waals surface area (Å²) in [5, 5.41) is 0. The van der Waals surface area contributed by atoms with Gasteiger partial charge in [-0.3, -0.25) is 9.36 Å².